The van der Waals surface area contributed by atoms with E-state index in [1.165, 1.54) is 19.3 Å². The number of likely N-dealkylation sites (tertiary alicyclic amines) is 1. The molecule has 0 bridgehead atoms. The first kappa shape index (κ1) is 12.0. The van der Waals surface area contributed by atoms with E-state index in [1.807, 2.05) is 4.90 Å². The summed E-state index contributed by atoms with van der Waals surface area (Å²) in [5, 5.41) is 4.03. The van der Waals surface area contributed by atoms with Crippen molar-refractivity contribution in [2.45, 2.75) is 38.6 Å². The number of nitrogen functional groups attached to an aromatic ring is 1. The Bertz CT molecular complexity index is 366. The van der Waals surface area contributed by atoms with E-state index in [4.69, 9.17) is 5.73 Å². The Morgan fingerprint density at radius 3 is 2.47 bits per heavy atom. The van der Waals surface area contributed by atoms with Crippen LogP contribution in [-0.2, 0) is 11.3 Å². The van der Waals surface area contributed by atoms with Crippen LogP contribution in [0.5, 0.6) is 0 Å². The summed E-state index contributed by atoms with van der Waals surface area (Å²) in [6.45, 7) is 2.07. The Kier molecular flexibility index (Phi) is 4.01. The maximum absolute atomic E-state index is 12.1. The third-order valence-corrected chi connectivity index (χ3v) is 3.17. The van der Waals surface area contributed by atoms with E-state index in [0.29, 0.717) is 12.4 Å². The molecule has 2 N–H and O–H groups in total. The van der Waals surface area contributed by atoms with Crippen molar-refractivity contribution in [3.8, 4) is 0 Å². The monoisotopic (exact) mass is 236 g/mol. The summed E-state index contributed by atoms with van der Waals surface area (Å²) in [5.41, 5.74) is 5.52. The Morgan fingerprint density at radius 2 is 1.88 bits per heavy atom. The zero-order valence-corrected chi connectivity index (χ0v) is 10.1. The van der Waals surface area contributed by atoms with Gasteiger partial charge in [0.2, 0.25) is 5.91 Å². The summed E-state index contributed by atoms with van der Waals surface area (Å²) in [6, 6.07) is 1.71. The molecule has 5 heteroatoms. The van der Waals surface area contributed by atoms with Crippen LogP contribution in [-0.4, -0.2) is 33.7 Å². The normalized spacial score (nSPS) is 17.5. The topological polar surface area (TPSA) is 64.2 Å². The molecule has 2 heterocycles. The third-order valence-electron chi connectivity index (χ3n) is 3.17. The summed E-state index contributed by atoms with van der Waals surface area (Å²) < 4.78 is 1.61. The van der Waals surface area contributed by atoms with Crippen molar-refractivity contribution in [1.82, 2.24) is 14.7 Å². The number of nitrogens with two attached hydrogens (primary N) is 1. The Morgan fingerprint density at radius 1 is 1.24 bits per heavy atom. The van der Waals surface area contributed by atoms with E-state index in [9.17, 15) is 4.79 Å². The van der Waals surface area contributed by atoms with Gasteiger partial charge in [-0.25, -0.2) is 0 Å². The summed E-state index contributed by atoms with van der Waals surface area (Å²) >= 11 is 0. The molecule has 17 heavy (non-hydrogen) atoms. The van der Waals surface area contributed by atoms with Crippen molar-refractivity contribution >= 4 is 11.7 Å². The van der Waals surface area contributed by atoms with Crippen LogP contribution in [0, 0.1) is 0 Å². The van der Waals surface area contributed by atoms with Crippen molar-refractivity contribution in [2.75, 3.05) is 18.8 Å². The standard InChI is InChI=1S/C12H20N4O/c13-11-6-9-16(14-11)10-12(17)15-7-4-2-1-3-5-8-15/h6,9H,1-5,7-8,10H2,(H2,13,14). The van der Waals surface area contributed by atoms with Crippen molar-refractivity contribution in [2.24, 2.45) is 0 Å². The molecule has 0 unspecified atom stereocenters. The Balaban J connectivity index is 1.89. The Hall–Kier alpha value is -1.52. The molecule has 2 rings (SSSR count). The highest BCUT2D eigenvalue weighted by atomic mass is 16.2. The minimum Gasteiger partial charge on any atom is -0.382 e. The van der Waals surface area contributed by atoms with Crippen LogP contribution >= 0.6 is 0 Å². The smallest absolute Gasteiger partial charge is 0.244 e. The predicted molar refractivity (Wildman–Crippen MR) is 66.3 cm³/mol. The lowest BCUT2D eigenvalue weighted by Gasteiger charge is -2.24. The number of hydrogen-bond donors (Lipinski definition) is 1. The van der Waals surface area contributed by atoms with E-state index < -0.39 is 0 Å². The first-order valence-electron chi connectivity index (χ1n) is 6.32. The number of aromatic nitrogens is 2. The second kappa shape index (κ2) is 5.70. The lowest BCUT2D eigenvalue weighted by atomic mass is 10.1. The SMILES string of the molecule is Nc1ccn(CC(=O)N2CCCCCCC2)n1. The van der Waals surface area contributed by atoms with Gasteiger partial charge in [-0.1, -0.05) is 19.3 Å². The van der Waals surface area contributed by atoms with Crippen molar-refractivity contribution in [3.63, 3.8) is 0 Å². The molecule has 1 aromatic rings. The summed E-state index contributed by atoms with van der Waals surface area (Å²) in [4.78, 5) is 14.0. The highest BCUT2D eigenvalue weighted by Gasteiger charge is 2.15. The van der Waals surface area contributed by atoms with Gasteiger partial charge in [0.25, 0.3) is 0 Å². The molecule has 0 spiro atoms. The molecule has 0 saturated carbocycles. The van der Waals surface area contributed by atoms with Gasteiger partial charge in [-0.05, 0) is 18.9 Å². The molecule has 0 aliphatic carbocycles. The van der Waals surface area contributed by atoms with Crippen LogP contribution in [0.2, 0.25) is 0 Å². The first-order valence-corrected chi connectivity index (χ1v) is 6.32. The van der Waals surface area contributed by atoms with Crippen LogP contribution in [0.25, 0.3) is 0 Å². The molecule has 0 atom stereocenters. The second-order valence-electron chi connectivity index (χ2n) is 4.59. The lowest BCUT2D eigenvalue weighted by molar-refractivity contribution is -0.132. The number of carbonyl (C=O) groups is 1. The van der Waals surface area contributed by atoms with Gasteiger partial charge in [0, 0.05) is 19.3 Å². The first-order chi connectivity index (χ1) is 8.25. The second-order valence-corrected chi connectivity index (χ2v) is 4.59. The number of amides is 1. The maximum Gasteiger partial charge on any atom is 0.244 e. The van der Waals surface area contributed by atoms with Gasteiger partial charge in [-0.2, -0.15) is 5.10 Å². The van der Waals surface area contributed by atoms with E-state index >= 15 is 0 Å². The van der Waals surface area contributed by atoms with E-state index in [1.54, 1.807) is 16.9 Å². The molecule has 1 saturated heterocycles. The molecule has 5 nitrogen and oxygen atoms in total. The number of hydrogen-bond acceptors (Lipinski definition) is 3. The van der Waals surface area contributed by atoms with Crippen LogP contribution in [0.1, 0.15) is 32.1 Å². The lowest BCUT2D eigenvalue weighted by Crippen LogP contribution is -2.36. The van der Waals surface area contributed by atoms with Crippen LogP contribution < -0.4 is 5.73 Å². The minimum atomic E-state index is 0.148. The van der Waals surface area contributed by atoms with E-state index in [0.717, 1.165) is 25.9 Å². The molecule has 0 radical (unpaired) electrons. The zero-order valence-electron chi connectivity index (χ0n) is 10.1. The Labute approximate surface area is 102 Å². The number of carbonyl (C=O) groups excluding carboxylic acids is 1. The number of nitrogens with zero attached hydrogens (tertiary/aromatic N) is 3. The maximum atomic E-state index is 12.1. The van der Waals surface area contributed by atoms with Crippen LogP contribution in [0.15, 0.2) is 12.3 Å². The van der Waals surface area contributed by atoms with Crippen molar-refractivity contribution in [3.05, 3.63) is 12.3 Å². The van der Waals surface area contributed by atoms with E-state index in [2.05, 4.69) is 5.10 Å². The molecule has 0 aromatic carbocycles. The third kappa shape index (κ3) is 3.47. The summed E-state index contributed by atoms with van der Waals surface area (Å²) in [5.74, 6) is 0.612. The van der Waals surface area contributed by atoms with Gasteiger partial charge < -0.3 is 10.6 Å². The molecular weight excluding hydrogens is 216 g/mol. The van der Waals surface area contributed by atoms with Gasteiger partial charge in [0.1, 0.15) is 12.4 Å². The van der Waals surface area contributed by atoms with Gasteiger partial charge in [-0.3, -0.25) is 9.48 Å². The quantitative estimate of drug-likeness (QED) is 0.840. The van der Waals surface area contributed by atoms with Gasteiger partial charge in [0.05, 0.1) is 0 Å². The van der Waals surface area contributed by atoms with Crippen LogP contribution in [0.4, 0.5) is 5.82 Å². The van der Waals surface area contributed by atoms with Gasteiger partial charge in [-0.15, -0.1) is 0 Å². The highest BCUT2D eigenvalue weighted by molar-refractivity contribution is 5.75. The van der Waals surface area contributed by atoms with Crippen molar-refractivity contribution < 1.29 is 4.79 Å². The predicted octanol–water partition coefficient (Wildman–Crippen LogP) is 1.26. The average Bonchev–Trinajstić information content (AvgIpc) is 2.63. The highest BCUT2D eigenvalue weighted by Crippen LogP contribution is 2.11. The molecule has 94 valence electrons. The number of anilines is 1. The fraction of sp³-hybridized carbons (Fsp3) is 0.667. The van der Waals surface area contributed by atoms with Gasteiger partial charge in [0.15, 0.2) is 0 Å². The fourth-order valence-electron chi connectivity index (χ4n) is 2.20. The average molecular weight is 236 g/mol. The fourth-order valence-corrected chi connectivity index (χ4v) is 2.20. The molecule has 1 amide bonds. The largest absolute Gasteiger partial charge is 0.382 e. The van der Waals surface area contributed by atoms with Crippen molar-refractivity contribution in [1.29, 1.82) is 0 Å². The van der Waals surface area contributed by atoms with Crippen LogP contribution in [0.3, 0.4) is 0 Å². The summed E-state index contributed by atoms with van der Waals surface area (Å²) in [6.07, 6.45) is 7.76. The molecule has 1 fully saturated rings. The molecule has 1 aliphatic rings. The number of rotatable bonds is 2. The minimum absolute atomic E-state index is 0.148. The molecular formula is C12H20N4O. The summed E-state index contributed by atoms with van der Waals surface area (Å²) in [7, 11) is 0. The van der Waals surface area contributed by atoms with E-state index in [-0.39, 0.29) is 5.91 Å². The molecule has 1 aliphatic heterocycles. The zero-order chi connectivity index (χ0) is 12.1. The van der Waals surface area contributed by atoms with Gasteiger partial charge >= 0.3 is 0 Å². The molecule has 1 aromatic heterocycles.